The van der Waals surface area contributed by atoms with E-state index in [-0.39, 0.29) is 5.75 Å². The molecule has 1 fully saturated rings. The standard InChI is InChI=1S/C9H19NO3S/c11-14(12,13)9-5-4-8-10-6-2-1-3-7-10/h1-9H2,(H,11,12,13). The molecular weight excluding hydrogens is 202 g/mol. The van der Waals surface area contributed by atoms with E-state index in [4.69, 9.17) is 4.55 Å². The van der Waals surface area contributed by atoms with Crippen molar-refractivity contribution >= 4 is 10.1 Å². The first-order chi connectivity index (χ1) is 6.58. The molecule has 0 aromatic heterocycles. The Balaban J connectivity index is 2.03. The van der Waals surface area contributed by atoms with E-state index in [2.05, 4.69) is 4.90 Å². The molecule has 0 aliphatic carbocycles. The molecule has 0 amide bonds. The molecule has 1 heterocycles. The van der Waals surface area contributed by atoms with E-state index in [0.29, 0.717) is 6.42 Å². The number of rotatable bonds is 5. The third-order valence-corrected chi connectivity index (χ3v) is 3.38. The molecule has 1 aliphatic heterocycles. The molecule has 0 saturated carbocycles. The minimum Gasteiger partial charge on any atom is -0.303 e. The summed E-state index contributed by atoms with van der Waals surface area (Å²) in [6.07, 6.45) is 5.27. The minimum absolute atomic E-state index is 0.0964. The van der Waals surface area contributed by atoms with Crippen LogP contribution in [0.25, 0.3) is 0 Å². The fraction of sp³-hybridized carbons (Fsp3) is 1.00. The normalized spacial score (nSPS) is 19.8. The summed E-state index contributed by atoms with van der Waals surface area (Å²) in [6.45, 7) is 3.26. The Morgan fingerprint density at radius 3 is 2.29 bits per heavy atom. The fourth-order valence-corrected chi connectivity index (χ4v) is 2.37. The van der Waals surface area contributed by atoms with Gasteiger partial charge in [-0.2, -0.15) is 8.42 Å². The molecule has 0 spiro atoms. The second-order valence-electron chi connectivity index (χ2n) is 3.90. The van der Waals surface area contributed by atoms with Crippen LogP contribution in [0.2, 0.25) is 0 Å². The van der Waals surface area contributed by atoms with E-state index < -0.39 is 10.1 Å². The zero-order chi connectivity index (χ0) is 10.4. The molecule has 0 bridgehead atoms. The molecule has 14 heavy (non-hydrogen) atoms. The van der Waals surface area contributed by atoms with Gasteiger partial charge < -0.3 is 4.90 Å². The number of unbranched alkanes of at least 4 members (excludes halogenated alkanes) is 1. The molecule has 5 heteroatoms. The van der Waals surface area contributed by atoms with Crippen LogP contribution in [0.15, 0.2) is 0 Å². The van der Waals surface area contributed by atoms with E-state index in [1.807, 2.05) is 0 Å². The van der Waals surface area contributed by atoms with Crippen LogP contribution in [0.4, 0.5) is 0 Å². The van der Waals surface area contributed by atoms with Crippen LogP contribution in [0.3, 0.4) is 0 Å². The van der Waals surface area contributed by atoms with Crippen LogP contribution in [0.1, 0.15) is 32.1 Å². The summed E-state index contributed by atoms with van der Waals surface area (Å²) < 4.78 is 29.4. The first-order valence-electron chi connectivity index (χ1n) is 5.25. The van der Waals surface area contributed by atoms with Crippen LogP contribution < -0.4 is 0 Å². The molecule has 1 saturated heterocycles. The highest BCUT2D eigenvalue weighted by atomic mass is 32.2. The summed E-state index contributed by atoms with van der Waals surface area (Å²) in [5.74, 6) is -0.0964. The monoisotopic (exact) mass is 221 g/mol. The highest BCUT2D eigenvalue weighted by molar-refractivity contribution is 7.85. The van der Waals surface area contributed by atoms with Gasteiger partial charge in [0.1, 0.15) is 0 Å². The van der Waals surface area contributed by atoms with Crippen molar-refractivity contribution in [1.29, 1.82) is 0 Å². The SMILES string of the molecule is O=S(=O)(O)CCCCN1CCCCC1. The van der Waals surface area contributed by atoms with E-state index in [1.165, 1.54) is 19.3 Å². The maximum Gasteiger partial charge on any atom is 0.264 e. The highest BCUT2D eigenvalue weighted by Gasteiger charge is 2.10. The molecule has 0 aromatic rings. The Kier molecular flexibility index (Phi) is 4.84. The second-order valence-corrected chi connectivity index (χ2v) is 5.47. The molecule has 0 atom stereocenters. The lowest BCUT2D eigenvalue weighted by molar-refractivity contribution is 0.226. The van der Waals surface area contributed by atoms with Crippen molar-refractivity contribution in [1.82, 2.24) is 4.90 Å². The van der Waals surface area contributed by atoms with Crippen LogP contribution in [0.5, 0.6) is 0 Å². The number of nitrogens with zero attached hydrogens (tertiary/aromatic N) is 1. The Morgan fingerprint density at radius 2 is 1.71 bits per heavy atom. The first kappa shape index (κ1) is 11.9. The van der Waals surface area contributed by atoms with Gasteiger partial charge in [-0.1, -0.05) is 6.42 Å². The van der Waals surface area contributed by atoms with Gasteiger partial charge in [0.2, 0.25) is 0 Å². The summed E-state index contributed by atoms with van der Waals surface area (Å²) in [4.78, 5) is 2.37. The van der Waals surface area contributed by atoms with Crippen molar-refractivity contribution in [3.63, 3.8) is 0 Å². The summed E-state index contributed by atoms with van der Waals surface area (Å²) in [6, 6.07) is 0. The van der Waals surface area contributed by atoms with Gasteiger partial charge in [0.25, 0.3) is 10.1 Å². The minimum atomic E-state index is -3.75. The van der Waals surface area contributed by atoms with Crippen molar-refractivity contribution in [2.24, 2.45) is 0 Å². The Morgan fingerprint density at radius 1 is 1.07 bits per heavy atom. The fourth-order valence-electron chi connectivity index (χ4n) is 1.80. The van der Waals surface area contributed by atoms with Crippen molar-refractivity contribution in [2.45, 2.75) is 32.1 Å². The van der Waals surface area contributed by atoms with Crippen molar-refractivity contribution < 1.29 is 13.0 Å². The maximum absolute atomic E-state index is 10.4. The molecule has 0 unspecified atom stereocenters. The number of likely N-dealkylation sites (tertiary alicyclic amines) is 1. The molecule has 1 rings (SSSR count). The summed E-state index contributed by atoms with van der Waals surface area (Å²) in [5, 5.41) is 0. The van der Waals surface area contributed by atoms with Crippen LogP contribution in [-0.2, 0) is 10.1 Å². The Labute approximate surface area is 86.0 Å². The lowest BCUT2D eigenvalue weighted by atomic mass is 10.1. The summed E-state index contributed by atoms with van der Waals surface area (Å²) in [5.41, 5.74) is 0. The molecule has 1 N–H and O–H groups in total. The van der Waals surface area contributed by atoms with Crippen LogP contribution in [-0.4, -0.2) is 43.3 Å². The average Bonchev–Trinajstić information content (AvgIpc) is 2.13. The molecule has 84 valence electrons. The Hall–Kier alpha value is -0.130. The Bertz CT molecular complexity index is 245. The first-order valence-corrected chi connectivity index (χ1v) is 6.86. The van der Waals surface area contributed by atoms with Gasteiger partial charge in [-0.05, 0) is 45.3 Å². The smallest absolute Gasteiger partial charge is 0.264 e. The predicted octanol–water partition coefficient (Wildman–Crippen LogP) is 1.14. The summed E-state index contributed by atoms with van der Waals surface area (Å²) in [7, 11) is -3.75. The third-order valence-electron chi connectivity index (χ3n) is 2.58. The lowest BCUT2D eigenvalue weighted by Crippen LogP contribution is -2.30. The van der Waals surface area contributed by atoms with Gasteiger partial charge in [0, 0.05) is 0 Å². The molecule has 4 nitrogen and oxygen atoms in total. The van der Waals surface area contributed by atoms with Gasteiger partial charge in [-0.25, -0.2) is 0 Å². The lowest BCUT2D eigenvalue weighted by Gasteiger charge is -2.26. The maximum atomic E-state index is 10.4. The van der Waals surface area contributed by atoms with E-state index >= 15 is 0 Å². The molecular formula is C9H19NO3S. The van der Waals surface area contributed by atoms with Gasteiger partial charge in [-0.3, -0.25) is 4.55 Å². The van der Waals surface area contributed by atoms with Gasteiger partial charge >= 0.3 is 0 Å². The van der Waals surface area contributed by atoms with Crippen molar-refractivity contribution in [3.05, 3.63) is 0 Å². The van der Waals surface area contributed by atoms with Gasteiger partial charge in [0.15, 0.2) is 0 Å². The average molecular weight is 221 g/mol. The quantitative estimate of drug-likeness (QED) is 0.558. The van der Waals surface area contributed by atoms with E-state index in [1.54, 1.807) is 0 Å². The van der Waals surface area contributed by atoms with Crippen LogP contribution in [0, 0.1) is 0 Å². The zero-order valence-corrected chi connectivity index (χ0v) is 9.30. The zero-order valence-electron chi connectivity index (χ0n) is 8.48. The van der Waals surface area contributed by atoms with E-state index in [9.17, 15) is 8.42 Å². The molecule has 1 aliphatic rings. The van der Waals surface area contributed by atoms with E-state index in [0.717, 1.165) is 26.1 Å². The third kappa shape index (κ3) is 5.57. The number of hydrogen-bond acceptors (Lipinski definition) is 3. The largest absolute Gasteiger partial charge is 0.303 e. The topological polar surface area (TPSA) is 57.6 Å². The van der Waals surface area contributed by atoms with Gasteiger partial charge in [0.05, 0.1) is 5.75 Å². The van der Waals surface area contributed by atoms with Crippen LogP contribution >= 0.6 is 0 Å². The highest BCUT2D eigenvalue weighted by Crippen LogP contribution is 2.09. The van der Waals surface area contributed by atoms with Crippen molar-refractivity contribution in [3.8, 4) is 0 Å². The second kappa shape index (κ2) is 5.68. The van der Waals surface area contributed by atoms with Crippen molar-refractivity contribution in [2.75, 3.05) is 25.4 Å². The number of piperidine rings is 1. The predicted molar refractivity (Wildman–Crippen MR) is 55.9 cm³/mol. The summed E-state index contributed by atoms with van der Waals surface area (Å²) >= 11 is 0. The molecule has 0 aromatic carbocycles. The van der Waals surface area contributed by atoms with Gasteiger partial charge in [-0.15, -0.1) is 0 Å². The number of hydrogen-bond donors (Lipinski definition) is 1. The molecule has 0 radical (unpaired) electrons.